The molecule has 2 unspecified atom stereocenters. The third kappa shape index (κ3) is 44.6. The Kier molecular flexibility index (Phi) is 50.3. The average Bonchev–Trinajstić information content (AvgIpc) is 3.29. The van der Waals surface area contributed by atoms with Crippen molar-refractivity contribution in [2.75, 3.05) is 59.1 Å². The average molecular weight is 908 g/mol. The number of ether oxygens (including phenoxy) is 2. The Bertz CT molecular complexity index is 891. The largest absolute Gasteiger partial charge is 0.465 e. The van der Waals surface area contributed by atoms with Crippen LogP contribution in [0.3, 0.4) is 0 Å². The third-order valence-corrected chi connectivity index (χ3v) is 13.8. The summed E-state index contributed by atoms with van der Waals surface area (Å²) in [6, 6.07) is 0. The first-order valence-electron chi connectivity index (χ1n) is 28.8. The lowest BCUT2D eigenvalue weighted by molar-refractivity contribution is -0.146. The van der Waals surface area contributed by atoms with Crippen molar-refractivity contribution >= 4 is 11.9 Å². The van der Waals surface area contributed by atoms with E-state index < -0.39 is 0 Å². The smallest absolute Gasteiger partial charge is 0.305 e. The topological polar surface area (TPSA) is 79.3 Å². The zero-order chi connectivity index (χ0) is 46.8. The molecule has 0 aliphatic rings. The van der Waals surface area contributed by atoms with Crippen LogP contribution >= 0.6 is 0 Å². The van der Waals surface area contributed by atoms with Crippen LogP contribution in [0.2, 0.25) is 0 Å². The molecular weight excluding hydrogens is 793 g/mol. The monoisotopic (exact) mass is 907 g/mol. The van der Waals surface area contributed by atoms with Crippen LogP contribution in [0.1, 0.15) is 285 Å². The van der Waals surface area contributed by atoms with Gasteiger partial charge in [-0.3, -0.25) is 14.5 Å². The molecule has 0 saturated carbocycles. The van der Waals surface area contributed by atoms with Gasteiger partial charge in [0.1, 0.15) is 0 Å². The summed E-state index contributed by atoms with van der Waals surface area (Å²) in [5.41, 5.74) is 0. The number of esters is 2. The van der Waals surface area contributed by atoms with E-state index in [0.717, 1.165) is 77.8 Å². The highest BCUT2D eigenvalue weighted by atomic mass is 16.5. The second-order valence-corrected chi connectivity index (χ2v) is 20.1. The minimum atomic E-state index is -0.0119. The number of nitrogens with zero attached hydrogens (tertiary/aromatic N) is 2. The normalized spacial score (nSPS) is 12.7. The SMILES string of the molecule is CCCCCCCCCN(CCO)CCN(CCCCCC(=O)OCC(CCCCCC)CCCCCCCC)CCCCCC(=O)OCC(CCCCCC)CCCCCCCC. The first-order valence-corrected chi connectivity index (χ1v) is 28.8. The lowest BCUT2D eigenvalue weighted by Gasteiger charge is -2.27. The van der Waals surface area contributed by atoms with Crippen molar-refractivity contribution in [2.24, 2.45) is 11.8 Å². The zero-order valence-electron chi connectivity index (χ0n) is 44.1. The molecule has 7 nitrogen and oxygen atoms in total. The molecule has 0 amide bonds. The van der Waals surface area contributed by atoms with Crippen molar-refractivity contribution in [2.45, 2.75) is 285 Å². The molecule has 0 aliphatic heterocycles. The summed E-state index contributed by atoms with van der Waals surface area (Å²) in [5, 5.41) is 9.86. The predicted molar refractivity (Wildman–Crippen MR) is 277 cm³/mol. The van der Waals surface area contributed by atoms with Crippen LogP contribution in [0.4, 0.5) is 0 Å². The van der Waals surface area contributed by atoms with Gasteiger partial charge in [0.2, 0.25) is 0 Å². The molecule has 0 spiro atoms. The van der Waals surface area contributed by atoms with E-state index in [1.54, 1.807) is 0 Å². The summed E-state index contributed by atoms with van der Waals surface area (Å²) in [6.45, 7) is 18.6. The van der Waals surface area contributed by atoms with Gasteiger partial charge in [-0.2, -0.15) is 0 Å². The highest BCUT2D eigenvalue weighted by Crippen LogP contribution is 2.22. The predicted octanol–water partition coefficient (Wildman–Crippen LogP) is 16.2. The Hall–Kier alpha value is -1.18. The maximum Gasteiger partial charge on any atom is 0.305 e. The summed E-state index contributed by atoms with van der Waals surface area (Å²) in [6.07, 6.45) is 46.9. The van der Waals surface area contributed by atoms with Gasteiger partial charge in [-0.15, -0.1) is 0 Å². The first-order chi connectivity index (χ1) is 31.4. The third-order valence-electron chi connectivity index (χ3n) is 13.8. The van der Waals surface area contributed by atoms with Crippen LogP contribution in [0.15, 0.2) is 0 Å². The van der Waals surface area contributed by atoms with Crippen molar-refractivity contribution < 1.29 is 24.2 Å². The Balaban J connectivity index is 4.96. The molecule has 382 valence electrons. The van der Waals surface area contributed by atoms with Gasteiger partial charge in [0.25, 0.3) is 0 Å². The number of unbranched alkanes of at least 4 members (excludes halogenated alkanes) is 26. The summed E-state index contributed by atoms with van der Waals surface area (Å²) in [5.74, 6) is 1.00. The summed E-state index contributed by atoms with van der Waals surface area (Å²) >= 11 is 0. The van der Waals surface area contributed by atoms with E-state index in [-0.39, 0.29) is 18.5 Å². The molecule has 0 aromatic heterocycles. The number of aliphatic hydroxyl groups excluding tert-OH is 1. The van der Waals surface area contributed by atoms with Gasteiger partial charge in [0.15, 0.2) is 0 Å². The molecule has 1 N–H and O–H groups in total. The molecule has 64 heavy (non-hydrogen) atoms. The van der Waals surface area contributed by atoms with Gasteiger partial charge >= 0.3 is 11.9 Å². The maximum atomic E-state index is 12.9. The summed E-state index contributed by atoms with van der Waals surface area (Å²) in [4.78, 5) is 30.8. The van der Waals surface area contributed by atoms with Crippen LogP contribution in [0.25, 0.3) is 0 Å². The van der Waals surface area contributed by atoms with Crippen molar-refractivity contribution in [3.05, 3.63) is 0 Å². The Morgan fingerprint density at radius 3 is 0.938 bits per heavy atom. The fraction of sp³-hybridized carbons (Fsp3) is 0.965. The van der Waals surface area contributed by atoms with Gasteiger partial charge in [-0.1, -0.05) is 214 Å². The zero-order valence-corrected chi connectivity index (χ0v) is 44.1. The second kappa shape index (κ2) is 51.2. The number of aliphatic hydroxyl groups is 1. The Morgan fingerprint density at radius 1 is 0.344 bits per heavy atom. The van der Waals surface area contributed by atoms with Crippen molar-refractivity contribution in [3.63, 3.8) is 0 Å². The van der Waals surface area contributed by atoms with Crippen molar-refractivity contribution in [1.82, 2.24) is 9.80 Å². The molecule has 2 atom stereocenters. The van der Waals surface area contributed by atoms with Gasteiger partial charge in [0, 0.05) is 32.5 Å². The fourth-order valence-electron chi connectivity index (χ4n) is 9.28. The molecule has 0 rings (SSSR count). The summed E-state index contributed by atoms with van der Waals surface area (Å²) in [7, 11) is 0. The molecule has 0 radical (unpaired) electrons. The Morgan fingerprint density at radius 2 is 0.609 bits per heavy atom. The lowest BCUT2D eigenvalue weighted by Crippen LogP contribution is -2.38. The molecule has 7 heteroatoms. The Labute approximate surface area is 400 Å². The van der Waals surface area contributed by atoms with Crippen LogP contribution in [0.5, 0.6) is 0 Å². The standard InChI is InChI=1S/C57H114N2O5/c1-6-11-16-21-24-27-36-47-59(50-51-60)49-48-58(45-37-28-34-43-56(61)63-52-54(39-30-19-14-9-4)41-32-25-22-17-12-7-2)46-38-29-35-44-57(62)64-53-55(40-31-20-15-10-5)42-33-26-23-18-13-8-3/h54-55,60H,6-53H2,1-5H3. The molecule has 0 fully saturated rings. The minimum Gasteiger partial charge on any atom is -0.465 e. The molecule has 0 saturated heterocycles. The van der Waals surface area contributed by atoms with E-state index in [1.165, 1.54) is 199 Å². The van der Waals surface area contributed by atoms with E-state index >= 15 is 0 Å². The number of carbonyl (C=O) groups is 2. The minimum absolute atomic E-state index is 0.0119. The molecule has 0 aromatic carbocycles. The van der Waals surface area contributed by atoms with E-state index in [9.17, 15) is 14.7 Å². The van der Waals surface area contributed by atoms with E-state index in [0.29, 0.717) is 37.9 Å². The van der Waals surface area contributed by atoms with Crippen LogP contribution in [-0.4, -0.2) is 85.9 Å². The van der Waals surface area contributed by atoms with E-state index in [2.05, 4.69) is 44.4 Å². The van der Waals surface area contributed by atoms with Gasteiger partial charge in [-0.05, 0) is 89.3 Å². The van der Waals surface area contributed by atoms with Crippen LogP contribution < -0.4 is 0 Å². The highest BCUT2D eigenvalue weighted by Gasteiger charge is 2.15. The molecule has 0 heterocycles. The van der Waals surface area contributed by atoms with Gasteiger partial charge in [0.05, 0.1) is 19.8 Å². The molecule has 0 aromatic rings. The number of rotatable bonds is 53. The molecule has 0 bridgehead atoms. The maximum absolute atomic E-state index is 12.9. The fourth-order valence-corrected chi connectivity index (χ4v) is 9.28. The van der Waals surface area contributed by atoms with Gasteiger partial charge < -0.3 is 19.5 Å². The first kappa shape index (κ1) is 62.8. The lowest BCUT2D eigenvalue weighted by atomic mass is 9.95. The number of hydrogen-bond acceptors (Lipinski definition) is 7. The second-order valence-electron chi connectivity index (χ2n) is 20.1. The van der Waals surface area contributed by atoms with E-state index in [1.807, 2.05) is 0 Å². The van der Waals surface area contributed by atoms with Crippen molar-refractivity contribution in [3.8, 4) is 0 Å². The number of carbonyl (C=O) groups excluding carboxylic acids is 2. The number of hydrogen-bond donors (Lipinski definition) is 1. The van der Waals surface area contributed by atoms with E-state index in [4.69, 9.17) is 9.47 Å². The highest BCUT2D eigenvalue weighted by molar-refractivity contribution is 5.69. The molecule has 0 aliphatic carbocycles. The van der Waals surface area contributed by atoms with Gasteiger partial charge in [-0.25, -0.2) is 0 Å². The summed E-state index contributed by atoms with van der Waals surface area (Å²) < 4.78 is 11.8. The van der Waals surface area contributed by atoms with Crippen LogP contribution in [0, 0.1) is 11.8 Å². The van der Waals surface area contributed by atoms with Crippen molar-refractivity contribution in [1.29, 1.82) is 0 Å². The molecular formula is C57H114N2O5. The van der Waals surface area contributed by atoms with Crippen LogP contribution in [-0.2, 0) is 19.1 Å². The quantitative estimate of drug-likeness (QED) is 0.0481.